The lowest BCUT2D eigenvalue weighted by molar-refractivity contribution is -0.143. The van der Waals surface area contributed by atoms with Gasteiger partial charge < -0.3 is 19.3 Å². The van der Waals surface area contributed by atoms with Crippen LogP contribution in [0, 0.1) is 12.8 Å². The number of carbonyl (C=O) groups is 2. The second-order valence-electron chi connectivity index (χ2n) is 8.46. The van der Waals surface area contributed by atoms with Gasteiger partial charge in [-0.15, -0.1) is 11.3 Å². The highest BCUT2D eigenvalue weighted by Crippen LogP contribution is 2.34. The van der Waals surface area contributed by atoms with E-state index in [1.165, 1.54) is 5.56 Å². The Hall–Kier alpha value is -2.54. The highest BCUT2D eigenvalue weighted by Gasteiger charge is 2.36. The lowest BCUT2D eigenvalue weighted by Gasteiger charge is -2.31. The average Bonchev–Trinajstić information content (AvgIpc) is 3.39. The monoisotopic (exact) mass is 442 g/mol. The van der Waals surface area contributed by atoms with Crippen molar-refractivity contribution in [2.75, 3.05) is 13.3 Å². The minimum absolute atomic E-state index is 0.0280. The third kappa shape index (κ3) is 5.03. The van der Waals surface area contributed by atoms with Crippen LogP contribution in [0.3, 0.4) is 0 Å². The molecule has 0 spiro atoms. The minimum atomic E-state index is -0.0280. The van der Waals surface area contributed by atoms with Gasteiger partial charge in [0.1, 0.15) is 6.54 Å². The predicted molar refractivity (Wildman–Crippen MR) is 120 cm³/mol. The molecule has 1 saturated carbocycles. The lowest BCUT2D eigenvalue weighted by Crippen LogP contribution is -2.46. The zero-order valence-corrected chi connectivity index (χ0v) is 19.2. The lowest BCUT2D eigenvalue weighted by atomic mass is 10.1. The van der Waals surface area contributed by atoms with E-state index in [0.717, 1.165) is 35.5 Å². The van der Waals surface area contributed by atoms with Gasteiger partial charge in [0.15, 0.2) is 11.5 Å². The summed E-state index contributed by atoms with van der Waals surface area (Å²) in [6, 6.07) is 7.92. The molecule has 166 valence electrons. The summed E-state index contributed by atoms with van der Waals surface area (Å²) in [6.45, 7) is 7.49. The van der Waals surface area contributed by atoms with Gasteiger partial charge in [-0.05, 0) is 67.8 Å². The molecular formula is C24H30N2O4S. The third-order valence-corrected chi connectivity index (χ3v) is 7.11. The fourth-order valence-electron chi connectivity index (χ4n) is 3.71. The molecule has 2 aromatic rings. The number of nitrogens with zero attached hydrogens (tertiary/aromatic N) is 2. The molecule has 1 unspecified atom stereocenters. The van der Waals surface area contributed by atoms with Crippen LogP contribution in [0.2, 0.25) is 0 Å². The highest BCUT2D eigenvalue weighted by molar-refractivity contribution is 7.10. The maximum atomic E-state index is 13.5. The fraction of sp³-hybridized carbons (Fsp3) is 0.500. The van der Waals surface area contributed by atoms with E-state index in [1.54, 1.807) is 16.2 Å². The highest BCUT2D eigenvalue weighted by atomic mass is 32.1. The molecule has 31 heavy (non-hydrogen) atoms. The van der Waals surface area contributed by atoms with Gasteiger partial charge >= 0.3 is 0 Å². The van der Waals surface area contributed by atoms with Crippen LogP contribution in [-0.2, 0) is 22.7 Å². The van der Waals surface area contributed by atoms with E-state index in [0.29, 0.717) is 18.8 Å². The van der Waals surface area contributed by atoms with Gasteiger partial charge in [-0.25, -0.2) is 0 Å². The molecule has 0 bridgehead atoms. The number of thiophene rings is 1. The maximum absolute atomic E-state index is 13.5. The van der Waals surface area contributed by atoms with Gasteiger partial charge in [0, 0.05) is 23.4 Å². The number of ether oxygens (including phenoxy) is 2. The van der Waals surface area contributed by atoms with Crippen molar-refractivity contribution in [2.45, 2.75) is 59.2 Å². The Kier molecular flexibility index (Phi) is 6.51. The fourth-order valence-corrected chi connectivity index (χ4v) is 4.63. The van der Waals surface area contributed by atoms with Crippen LogP contribution in [-0.4, -0.2) is 41.0 Å². The first kappa shape index (κ1) is 21.7. The van der Waals surface area contributed by atoms with E-state index in [2.05, 4.69) is 25.3 Å². The molecule has 1 aromatic heterocycles. The molecule has 4 rings (SSSR count). The van der Waals surface area contributed by atoms with Gasteiger partial charge in [0.2, 0.25) is 18.6 Å². The van der Waals surface area contributed by atoms with Gasteiger partial charge in [-0.2, -0.15) is 0 Å². The summed E-state index contributed by atoms with van der Waals surface area (Å²) in [7, 11) is 0. The zero-order valence-electron chi connectivity index (χ0n) is 18.4. The number of carbonyl (C=O) groups excluding carboxylic acids is 2. The molecule has 0 saturated heterocycles. The van der Waals surface area contributed by atoms with Crippen LogP contribution in [0.5, 0.6) is 11.5 Å². The number of hydrogen-bond acceptors (Lipinski definition) is 5. The predicted octanol–water partition coefficient (Wildman–Crippen LogP) is 4.35. The Morgan fingerprint density at radius 3 is 2.61 bits per heavy atom. The van der Waals surface area contributed by atoms with E-state index >= 15 is 0 Å². The minimum Gasteiger partial charge on any atom is -0.454 e. The molecule has 2 aliphatic rings. The molecule has 1 fully saturated rings. The summed E-state index contributed by atoms with van der Waals surface area (Å²) >= 11 is 1.66. The van der Waals surface area contributed by atoms with Crippen molar-refractivity contribution in [1.82, 2.24) is 9.80 Å². The molecule has 7 heteroatoms. The molecule has 1 aromatic carbocycles. The van der Waals surface area contributed by atoms with Crippen LogP contribution in [0.4, 0.5) is 0 Å². The summed E-state index contributed by atoms with van der Waals surface area (Å²) < 4.78 is 10.9. The van der Waals surface area contributed by atoms with Crippen LogP contribution in [0.1, 0.15) is 49.1 Å². The summed E-state index contributed by atoms with van der Waals surface area (Å²) in [5, 5.41) is 2.05. The summed E-state index contributed by atoms with van der Waals surface area (Å²) in [5.74, 6) is 1.64. The van der Waals surface area contributed by atoms with Gasteiger partial charge in [-0.3, -0.25) is 9.59 Å². The first-order valence-corrected chi connectivity index (χ1v) is 11.8. The number of fused-ring (bicyclic) bond motifs is 1. The topological polar surface area (TPSA) is 59.1 Å². The second-order valence-corrected chi connectivity index (χ2v) is 9.46. The molecule has 2 amide bonds. The van der Waals surface area contributed by atoms with Crippen LogP contribution in [0.15, 0.2) is 29.6 Å². The van der Waals surface area contributed by atoms with Gasteiger partial charge in [0.25, 0.3) is 0 Å². The molecule has 1 atom stereocenters. The van der Waals surface area contributed by atoms with Crippen LogP contribution < -0.4 is 9.47 Å². The van der Waals surface area contributed by atoms with E-state index in [9.17, 15) is 9.59 Å². The number of amides is 2. The number of benzene rings is 1. The van der Waals surface area contributed by atoms with E-state index in [1.807, 2.05) is 30.0 Å². The standard InChI is InChI=1S/C24H30N2O4S/c1-4-17(3)26(24(28)19-6-7-19)14-23(27)25(13-22-16(2)9-10-31-22)12-18-5-8-20-21(11-18)30-15-29-20/h5,8-11,17,19H,4,6-7,12-15H2,1-3H3. The van der Waals surface area contributed by atoms with Crippen molar-refractivity contribution in [3.8, 4) is 11.5 Å². The van der Waals surface area contributed by atoms with Crippen molar-refractivity contribution >= 4 is 23.2 Å². The quantitative estimate of drug-likeness (QED) is 0.579. The normalized spacial score (nSPS) is 15.6. The van der Waals surface area contributed by atoms with E-state index in [4.69, 9.17) is 9.47 Å². The van der Waals surface area contributed by atoms with Crippen molar-refractivity contribution in [2.24, 2.45) is 5.92 Å². The van der Waals surface area contributed by atoms with Crippen LogP contribution in [0.25, 0.3) is 0 Å². The van der Waals surface area contributed by atoms with E-state index < -0.39 is 0 Å². The number of aryl methyl sites for hydroxylation is 1. The average molecular weight is 443 g/mol. The first-order chi connectivity index (χ1) is 15.0. The van der Waals surface area contributed by atoms with Crippen molar-refractivity contribution in [3.63, 3.8) is 0 Å². The molecule has 2 heterocycles. The Morgan fingerprint density at radius 2 is 1.94 bits per heavy atom. The first-order valence-electron chi connectivity index (χ1n) is 11.0. The second kappa shape index (κ2) is 9.30. The number of rotatable bonds is 9. The molecule has 1 aliphatic heterocycles. The Bertz CT molecular complexity index is 953. The van der Waals surface area contributed by atoms with Crippen LogP contribution >= 0.6 is 11.3 Å². The van der Waals surface area contributed by atoms with Gasteiger partial charge in [-0.1, -0.05) is 13.0 Å². The molecular weight excluding hydrogens is 412 g/mol. The summed E-state index contributed by atoms with van der Waals surface area (Å²) in [4.78, 5) is 31.1. The smallest absolute Gasteiger partial charge is 0.242 e. The van der Waals surface area contributed by atoms with Crippen molar-refractivity contribution < 1.29 is 19.1 Å². The molecule has 1 aliphatic carbocycles. The number of hydrogen-bond donors (Lipinski definition) is 0. The zero-order chi connectivity index (χ0) is 22.0. The third-order valence-electron chi connectivity index (χ3n) is 6.10. The van der Waals surface area contributed by atoms with E-state index in [-0.39, 0.29) is 37.1 Å². The molecule has 6 nitrogen and oxygen atoms in total. The van der Waals surface area contributed by atoms with Crippen molar-refractivity contribution in [1.29, 1.82) is 0 Å². The SMILES string of the molecule is CCC(C)N(CC(=O)N(Cc1ccc2c(c1)OCO2)Cc1sccc1C)C(=O)C1CC1. The summed E-state index contributed by atoms with van der Waals surface area (Å²) in [5.41, 5.74) is 2.16. The largest absolute Gasteiger partial charge is 0.454 e. The van der Waals surface area contributed by atoms with Gasteiger partial charge in [0.05, 0.1) is 6.54 Å². The van der Waals surface area contributed by atoms with Crippen molar-refractivity contribution in [3.05, 3.63) is 45.6 Å². The summed E-state index contributed by atoms with van der Waals surface area (Å²) in [6.07, 6.45) is 2.71. The Balaban J connectivity index is 1.54. The molecule has 0 radical (unpaired) electrons. The Labute approximate surface area is 187 Å². The molecule has 0 N–H and O–H groups in total. The Morgan fingerprint density at radius 1 is 1.16 bits per heavy atom. The maximum Gasteiger partial charge on any atom is 0.242 e.